The number of methoxy groups -OCH3 is 1. The van der Waals surface area contributed by atoms with E-state index in [9.17, 15) is 9.59 Å². The molecule has 0 aliphatic rings. The maximum absolute atomic E-state index is 12.8. The van der Waals surface area contributed by atoms with Crippen LogP contribution in [-0.2, 0) is 4.79 Å². The van der Waals surface area contributed by atoms with Gasteiger partial charge in [-0.25, -0.2) is 5.01 Å². The lowest BCUT2D eigenvalue weighted by atomic mass is 10.1. The highest BCUT2D eigenvalue weighted by molar-refractivity contribution is 5.98. The molecule has 0 bridgehead atoms. The van der Waals surface area contributed by atoms with Gasteiger partial charge in [-0.1, -0.05) is 25.0 Å². The van der Waals surface area contributed by atoms with Crippen molar-refractivity contribution < 1.29 is 14.3 Å². The molecule has 0 aromatic heterocycles. The molecule has 5 nitrogen and oxygen atoms in total. The Hall–Kier alpha value is -2.48. The minimum absolute atomic E-state index is 0.0552. The fraction of sp³-hybridized carbons (Fsp3) is 0.444. The van der Waals surface area contributed by atoms with Crippen LogP contribution in [0.25, 0.3) is 0 Å². The summed E-state index contributed by atoms with van der Waals surface area (Å²) in [4.78, 5) is 24.9. The molecule has 0 heterocycles. The Balaban J connectivity index is 3.03. The molecule has 0 spiro atoms. The summed E-state index contributed by atoms with van der Waals surface area (Å²) in [6.45, 7) is 7.45. The van der Waals surface area contributed by atoms with E-state index in [2.05, 4.69) is 17.3 Å². The minimum Gasteiger partial charge on any atom is -0.496 e. The zero-order chi connectivity index (χ0) is 17.5. The van der Waals surface area contributed by atoms with E-state index in [0.29, 0.717) is 17.7 Å². The first kappa shape index (κ1) is 18.6. The number of ether oxygens (including phenoxy) is 1. The van der Waals surface area contributed by atoms with Gasteiger partial charge in [0.1, 0.15) is 5.75 Å². The van der Waals surface area contributed by atoms with Crippen molar-refractivity contribution in [3.05, 3.63) is 29.8 Å². The van der Waals surface area contributed by atoms with Gasteiger partial charge in [-0.05, 0) is 32.9 Å². The molecule has 0 radical (unpaired) electrons. The second-order valence-electron chi connectivity index (χ2n) is 5.93. The van der Waals surface area contributed by atoms with Crippen LogP contribution in [0.15, 0.2) is 24.3 Å². The molecule has 0 fully saturated rings. The number of nitrogens with zero attached hydrogens (tertiary/aromatic N) is 1. The number of benzene rings is 1. The summed E-state index contributed by atoms with van der Waals surface area (Å²) in [5, 5.41) is 1.32. The van der Waals surface area contributed by atoms with Crippen molar-refractivity contribution in [3.8, 4) is 17.6 Å². The molecule has 23 heavy (non-hydrogen) atoms. The number of carbonyl (C=O) groups is 2. The highest BCUT2D eigenvalue weighted by Crippen LogP contribution is 2.22. The fourth-order valence-corrected chi connectivity index (χ4v) is 1.90. The number of hydrogen-bond acceptors (Lipinski definition) is 3. The zero-order valence-electron chi connectivity index (χ0n) is 14.4. The first-order chi connectivity index (χ1) is 10.8. The van der Waals surface area contributed by atoms with Crippen LogP contribution in [0.5, 0.6) is 5.75 Å². The van der Waals surface area contributed by atoms with Gasteiger partial charge in [-0.3, -0.25) is 15.0 Å². The van der Waals surface area contributed by atoms with Gasteiger partial charge in [0.25, 0.3) is 11.8 Å². The fourth-order valence-electron chi connectivity index (χ4n) is 1.90. The molecule has 2 amide bonds. The van der Waals surface area contributed by atoms with Gasteiger partial charge in [0.05, 0.1) is 24.6 Å². The summed E-state index contributed by atoms with van der Waals surface area (Å²) in [6.07, 6.45) is 0.746. The maximum atomic E-state index is 12.8. The minimum atomic E-state index is -0.591. The summed E-state index contributed by atoms with van der Waals surface area (Å²) < 4.78 is 5.23. The third kappa shape index (κ3) is 5.33. The summed E-state index contributed by atoms with van der Waals surface area (Å²) in [5.41, 5.74) is 2.45. The summed E-state index contributed by atoms with van der Waals surface area (Å²) >= 11 is 0. The van der Waals surface area contributed by atoms with Gasteiger partial charge in [-0.2, -0.15) is 0 Å². The van der Waals surface area contributed by atoms with E-state index in [1.54, 1.807) is 24.3 Å². The van der Waals surface area contributed by atoms with Gasteiger partial charge >= 0.3 is 0 Å². The molecule has 5 heteroatoms. The number of rotatable bonds is 3. The van der Waals surface area contributed by atoms with E-state index in [4.69, 9.17) is 4.74 Å². The topological polar surface area (TPSA) is 58.6 Å². The lowest BCUT2D eigenvalue weighted by molar-refractivity contribution is -0.125. The molecule has 1 aromatic carbocycles. The number of nitrogens with one attached hydrogen (secondary N) is 1. The van der Waals surface area contributed by atoms with Crippen molar-refractivity contribution in [2.45, 2.75) is 46.1 Å². The molecular weight excluding hydrogens is 292 g/mol. The maximum Gasteiger partial charge on any atom is 0.276 e. The number of para-hydroxylation sites is 1. The first-order valence-corrected chi connectivity index (χ1v) is 7.54. The number of amides is 2. The molecule has 0 aliphatic carbocycles. The van der Waals surface area contributed by atoms with Crippen molar-refractivity contribution in [3.63, 3.8) is 0 Å². The van der Waals surface area contributed by atoms with Crippen LogP contribution in [0, 0.1) is 11.8 Å². The average molecular weight is 316 g/mol. The van der Waals surface area contributed by atoms with Gasteiger partial charge in [-0.15, -0.1) is 5.92 Å². The van der Waals surface area contributed by atoms with E-state index in [0.717, 1.165) is 0 Å². The standard InChI is InChI=1S/C18H24N2O3/c1-6-7-8-13-16(21)19-20(18(2,3)4)17(22)14-11-9-10-12-15(14)23-5/h9-12H,6,13H2,1-5H3,(H,19,21). The van der Waals surface area contributed by atoms with E-state index in [1.807, 2.05) is 27.7 Å². The second-order valence-corrected chi connectivity index (χ2v) is 5.93. The predicted molar refractivity (Wildman–Crippen MR) is 89.7 cm³/mol. The molecule has 1 rings (SSSR count). The van der Waals surface area contributed by atoms with Crippen molar-refractivity contribution in [2.75, 3.05) is 7.11 Å². The molecule has 1 aromatic rings. The van der Waals surface area contributed by atoms with Crippen LogP contribution in [0.2, 0.25) is 0 Å². The van der Waals surface area contributed by atoms with Crippen LogP contribution >= 0.6 is 0 Å². The number of carbonyl (C=O) groups excluding carboxylic acids is 2. The Bertz CT molecular complexity index is 621. The SMILES string of the molecule is CCC#CCC(=O)NN(C(=O)c1ccccc1OC)C(C)(C)C. The van der Waals surface area contributed by atoms with Crippen LogP contribution in [0.1, 0.15) is 50.9 Å². The van der Waals surface area contributed by atoms with Crippen molar-refractivity contribution in [1.82, 2.24) is 10.4 Å². The third-order valence-corrected chi connectivity index (χ3v) is 3.00. The van der Waals surface area contributed by atoms with Gasteiger partial charge in [0.15, 0.2) is 0 Å². The second kappa shape index (κ2) is 8.23. The van der Waals surface area contributed by atoms with E-state index < -0.39 is 5.54 Å². The molecular formula is C18H24N2O3. The lowest BCUT2D eigenvalue weighted by Crippen LogP contribution is -2.55. The number of hydrazine groups is 1. The average Bonchev–Trinajstić information content (AvgIpc) is 2.51. The predicted octanol–water partition coefficient (Wildman–Crippen LogP) is 2.77. The van der Waals surface area contributed by atoms with Crippen molar-refractivity contribution in [2.24, 2.45) is 0 Å². The quantitative estimate of drug-likeness (QED) is 0.689. The Morgan fingerprint density at radius 2 is 1.87 bits per heavy atom. The lowest BCUT2D eigenvalue weighted by Gasteiger charge is -2.35. The highest BCUT2D eigenvalue weighted by Gasteiger charge is 2.30. The molecule has 0 unspecified atom stereocenters. The van der Waals surface area contributed by atoms with Crippen LogP contribution < -0.4 is 10.2 Å². The van der Waals surface area contributed by atoms with Crippen LogP contribution in [-0.4, -0.2) is 29.5 Å². The largest absolute Gasteiger partial charge is 0.496 e. The number of hydrogen-bond donors (Lipinski definition) is 1. The molecule has 1 N–H and O–H groups in total. The highest BCUT2D eigenvalue weighted by atomic mass is 16.5. The van der Waals surface area contributed by atoms with E-state index >= 15 is 0 Å². The summed E-state index contributed by atoms with van der Waals surface area (Å²) in [7, 11) is 1.51. The Kier molecular flexibility index (Phi) is 6.65. The van der Waals surface area contributed by atoms with Gasteiger partial charge < -0.3 is 4.74 Å². The third-order valence-electron chi connectivity index (χ3n) is 3.00. The summed E-state index contributed by atoms with van der Waals surface area (Å²) in [5.74, 6) is 5.43. The normalized spacial score (nSPS) is 10.3. The Labute approximate surface area is 138 Å². The monoisotopic (exact) mass is 316 g/mol. The molecule has 0 saturated heterocycles. The molecule has 0 saturated carbocycles. The van der Waals surface area contributed by atoms with E-state index in [1.165, 1.54) is 12.1 Å². The van der Waals surface area contributed by atoms with Gasteiger partial charge in [0.2, 0.25) is 0 Å². The molecule has 124 valence electrons. The summed E-state index contributed by atoms with van der Waals surface area (Å²) in [6, 6.07) is 6.92. The first-order valence-electron chi connectivity index (χ1n) is 7.54. The molecule has 0 aliphatic heterocycles. The van der Waals surface area contributed by atoms with Crippen molar-refractivity contribution >= 4 is 11.8 Å². The smallest absolute Gasteiger partial charge is 0.276 e. The zero-order valence-corrected chi connectivity index (χ0v) is 14.4. The van der Waals surface area contributed by atoms with Crippen molar-refractivity contribution in [1.29, 1.82) is 0 Å². The van der Waals surface area contributed by atoms with Crippen LogP contribution in [0.4, 0.5) is 0 Å². The van der Waals surface area contributed by atoms with Crippen LogP contribution in [0.3, 0.4) is 0 Å². The van der Waals surface area contributed by atoms with Gasteiger partial charge in [0, 0.05) is 6.42 Å². The molecule has 0 atom stereocenters. The Morgan fingerprint density at radius 3 is 2.43 bits per heavy atom. The van der Waals surface area contributed by atoms with E-state index in [-0.39, 0.29) is 18.2 Å². The Morgan fingerprint density at radius 1 is 1.22 bits per heavy atom.